The van der Waals surface area contributed by atoms with Crippen LogP contribution in [0, 0.1) is 5.82 Å². The van der Waals surface area contributed by atoms with Crippen LogP contribution in [0.5, 0.6) is 5.75 Å². The molecule has 0 saturated carbocycles. The Morgan fingerprint density at radius 2 is 2.00 bits per heavy atom. The first kappa shape index (κ1) is 18.0. The van der Waals surface area contributed by atoms with Crippen molar-refractivity contribution in [2.45, 2.75) is 11.8 Å². The Morgan fingerprint density at radius 3 is 2.69 bits per heavy atom. The van der Waals surface area contributed by atoms with Gasteiger partial charge in [-0.1, -0.05) is 11.8 Å². The van der Waals surface area contributed by atoms with E-state index in [0.717, 1.165) is 21.8 Å². The highest BCUT2D eigenvalue weighted by Crippen LogP contribution is 2.28. The third-order valence-corrected chi connectivity index (χ3v) is 4.53. The fourth-order valence-corrected chi connectivity index (χ4v) is 3.11. The van der Waals surface area contributed by atoms with E-state index in [1.165, 1.54) is 31.9 Å². The number of halogens is 1. The fraction of sp³-hybridized carbons (Fsp3) is 0.158. The molecule has 0 unspecified atom stereocenters. The summed E-state index contributed by atoms with van der Waals surface area (Å²) in [6, 6.07) is 12.5. The molecule has 3 rings (SSSR count). The van der Waals surface area contributed by atoms with Gasteiger partial charge in [0.15, 0.2) is 11.6 Å². The van der Waals surface area contributed by atoms with Gasteiger partial charge in [-0.25, -0.2) is 9.37 Å². The van der Waals surface area contributed by atoms with Gasteiger partial charge < -0.3 is 9.47 Å². The van der Waals surface area contributed by atoms with E-state index in [2.05, 4.69) is 4.98 Å². The number of thioether (sulfide) groups is 1. The smallest absolute Gasteiger partial charge is 0.303 e. The topological polar surface area (TPSA) is 53.4 Å². The molecule has 0 amide bonds. The minimum Gasteiger partial charge on any atom is -0.494 e. The lowest BCUT2D eigenvalue weighted by Crippen LogP contribution is -1.97. The minimum absolute atomic E-state index is 0.187. The number of rotatable bonds is 6. The van der Waals surface area contributed by atoms with Crippen LogP contribution in [0.4, 0.5) is 4.39 Å². The van der Waals surface area contributed by atoms with Crippen LogP contribution in [0.3, 0.4) is 0 Å². The molecule has 134 valence electrons. The highest BCUT2D eigenvalue weighted by Gasteiger charge is 2.11. The summed E-state index contributed by atoms with van der Waals surface area (Å²) < 4.78 is 25.5. The van der Waals surface area contributed by atoms with Crippen molar-refractivity contribution < 1.29 is 18.7 Å². The lowest BCUT2D eigenvalue weighted by molar-refractivity contribution is -0.138. The molecule has 1 heterocycles. The molecule has 0 atom stereocenters. The summed E-state index contributed by atoms with van der Waals surface area (Å²) in [7, 11) is 1.44. The fourth-order valence-electron chi connectivity index (χ4n) is 2.42. The van der Waals surface area contributed by atoms with Crippen LogP contribution in [-0.4, -0.2) is 28.6 Å². The van der Waals surface area contributed by atoms with Gasteiger partial charge >= 0.3 is 5.97 Å². The second-order valence-electron chi connectivity index (χ2n) is 5.39. The molecular formula is C19H17FN2O3S. The SMILES string of the molecule is COc1cc(-c2cncn2-c2ccc(SCOC(C)=O)cc2)ccc1F. The van der Waals surface area contributed by atoms with Gasteiger partial charge in [0.2, 0.25) is 0 Å². The maximum absolute atomic E-state index is 13.7. The van der Waals surface area contributed by atoms with Crippen molar-refractivity contribution in [2.24, 2.45) is 0 Å². The zero-order chi connectivity index (χ0) is 18.5. The van der Waals surface area contributed by atoms with E-state index in [0.29, 0.717) is 0 Å². The summed E-state index contributed by atoms with van der Waals surface area (Å²) in [5.74, 6) is -0.240. The van der Waals surface area contributed by atoms with Crippen LogP contribution >= 0.6 is 11.8 Å². The van der Waals surface area contributed by atoms with Gasteiger partial charge in [0.05, 0.1) is 25.3 Å². The van der Waals surface area contributed by atoms with Crippen molar-refractivity contribution in [3.05, 3.63) is 60.8 Å². The van der Waals surface area contributed by atoms with E-state index < -0.39 is 5.82 Å². The lowest BCUT2D eigenvalue weighted by atomic mass is 10.1. The van der Waals surface area contributed by atoms with E-state index in [-0.39, 0.29) is 17.7 Å². The van der Waals surface area contributed by atoms with E-state index in [1.807, 2.05) is 28.8 Å². The van der Waals surface area contributed by atoms with Crippen LogP contribution in [0.15, 0.2) is 59.9 Å². The van der Waals surface area contributed by atoms with Crippen molar-refractivity contribution >= 4 is 17.7 Å². The Morgan fingerprint density at radius 1 is 1.23 bits per heavy atom. The molecule has 0 aliphatic carbocycles. The molecule has 0 saturated heterocycles. The number of imidazole rings is 1. The first-order chi connectivity index (χ1) is 12.6. The molecule has 26 heavy (non-hydrogen) atoms. The standard InChI is InChI=1S/C19H17FN2O3S/c1-13(23)25-12-26-16-6-4-15(5-7-16)22-11-21-10-18(22)14-3-8-17(20)19(9-14)24-2/h3-11H,12H2,1-2H3. The molecule has 5 nitrogen and oxygen atoms in total. The quantitative estimate of drug-likeness (QED) is 0.367. The Hall–Kier alpha value is -2.80. The molecule has 0 bridgehead atoms. The summed E-state index contributed by atoms with van der Waals surface area (Å²) in [4.78, 5) is 16.0. The van der Waals surface area contributed by atoms with Crippen LogP contribution < -0.4 is 4.74 Å². The van der Waals surface area contributed by atoms with Crippen molar-refractivity contribution in [2.75, 3.05) is 13.0 Å². The van der Waals surface area contributed by atoms with E-state index in [4.69, 9.17) is 9.47 Å². The molecule has 2 aromatic carbocycles. The normalized spacial score (nSPS) is 10.6. The molecule has 0 fully saturated rings. The average Bonchev–Trinajstić information content (AvgIpc) is 3.12. The zero-order valence-electron chi connectivity index (χ0n) is 14.3. The monoisotopic (exact) mass is 372 g/mol. The number of carbonyl (C=O) groups excluding carboxylic acids is 1. The first-order valence-corrected chi connectivity index (χ1v) is 8.80. The Bertz CT molecular complexity index is 909. The molecule has 0 N–H and O–H groups in total. The number of aromatic nitrogens is 2. The molecule has 3 aromatic rings. The predicted molar refractivity (Wildman–Crippen MR) is 98.0 cm³/mol. The van der Waals surface area contributed by atoms with Crippen molar-refractivity contribution in [3.8, 4) is 22.7 Å². The van der Waals surface area contributed by atoms with Gasteiger partial charge in [-0.05, 0) is 42.5 Å². The molecule has 7 heteroatoms. The number of ether oxygens (including phenoxy) is 2. The Labute approximate surface area is 154 Å². The van der Waals surface area contributed by atoms with E-state index >= 15 is 0 Å². The third-order valence-electron chi connectivity index (χ3n) is 3.69. The first-order valence-electron chi connectivity index (χ1n) is 7.81. The number of carbonyl (C=O) groups is 1. The zero-order valence-corrected chi connectivity index (χ0v) is 15.1. The molecular weight excluding hydrogens is 355 g/mol. The van der Waals surface area contributed by atoms with Crippen molar-refractivity contribution in [1.29, 1.82) is 0 Å². The van der Waals surface area contributed by atoms with Gasteiger partial charge in [0.1, 0.15) is 5.94 Å². The second-order valence-corrected chi connectivity index (χ2v) is 6.39. The number of nitrogens with zero attached hydrogens (tertiary/aromatic N) is 2. The van der Waals surface area contributed by atoms with Crippen LogP contribution in [0.1, 0.15) is 6.92 Å². The molecule has 1 aromatic heterocycles. The number of methoxy groups -OCH3 is 1. The van der Waals surface area contributed by atoms with Crippen LogP contribution in [-0.2, 0) is 9.53 Å². The Kier molecular flexibility index (Phi) is 5.58. The predicted octanol–water partition coefficient (Wildman–Crippen LogP) is 4.30. The van der Waals surface area contributed by atoms with E-state index in [1.54, 1.807) is 24.7 Å². The summed E-state index contributed by atoms with van der Waals surface area (Å²) in [5.41, 5.74) is 2.54. The molecule has 0 aliphatic heterocycles. The molecule has 0 radical (unpaired) electrons. The number of esters is 1. The van der Waals surface area contributed by atoms with Crippen molar-refractivity contribution in [1.82, 2.24) is 9.55 Å². The lowest BCUT2D eigenvalue weighted by Gasteiger charge is -2.11. The number of benzene rings is 2. The van der Waals surface area contributed by atoms with Crippen LogP contribution in [0.2, 0.25) is 0 Å². The van der Waals surface area contributed by atoms with Gasteiger partial charge in [0.25, 0.3) is 0 Å². The van der Waals surface area contributed by atoms with Gasteiger partial charge in [-0.15, -0.1) is 0 Å². The number of hydrogen-bond acceptors (Lipinski definition) is 5. The third kappa shape index (κ3) is 4.05. The summed E-state index contributed by atoms with van der Waals surface area (Å²) in [6.45, 7) is 1.38. The molecule has 0 spiro atoms. The maximum Gasteiger partial charge on any atom is 0.303 e. The van der Waals surface area contributed by atoms with E-state index in [9.17, 15) is 9.18 Å². The van der Waals surface area contributed by atoms with Gasteiger partial charge in [0, 0.05) is 23.1 Å². The largest absolute Gasteiger partial charge is 0.494 e. The number of hydrogen-bond donors (Lipinski definition) is 0. The second kappa shape index (κ2) is 8.05. The van der Waals surface area contributed by atoms with Gasteiger partial charge in [-0.3, -0.25) is 9.36 Å². The Balaban J connectivity index is 1.83. The van der Waals surface area contributed by atoms with Crippen molar-refractivity contribution in [3.63, 3.8) is 0 Å². The minimum atomic E-state index is -0.406. The van der Waals surface area contributed by atoms with Gasteiger partial charge in [-0.2, -0.15) is 0 Å². The maximum atomic E-state index is 13.7. The molecule has 0 aliphatic rings. The highest BCUT2D eigenvalue weighted by molar-refractivity contribution is 7.99. The highest BCUT2D eigenvalue weighted by atomic mass is 32.2. The summed E-state index contributed by atoms with van der Waals surface area (Å²) in [5, 5.41) is 0. The summed E-state index contributed by atoms with van der Waals surface area (Å²) >= 11 is 1.44. The average molecular weight is 372 g/mol. The summed E-state index contributed by atoms with van der Waals surface area (Å²) in [6.07, 6.45) is 3.42. The van der Waals surface area contributed by atoms with Crippen LogP contribution in [0.25, 0.3) is 16.9 Å².